The van der Waals surface area contributed by atoms with Gasteiger partial charge >= 0.3 is 0 Å². The number of rotatable bonds is 2. The fraction of sp³-hybridized carbons (Fsp3) is 0.375. The van der Waals surface area contributed by atoms with E-state index in [-0.39, 0.29) is 12.6 Å². The van der Waals surface area contributed by atoms with Crippen molar-refractivity contribution in [3.63, 3.8) is 0 Å². The summed E-state index contributed by atoms with van der Waals surface area (Å²) in [5, 5.41) is 10.3. The van der Waals surface area contributed by atoms with Gasteiger partial charge < -0.3 is 4.90 Å². The molecule has 1 aromatic heterocycles. The molecule has 3 nitrogen and oxygen atoms in total. The second-order valence-corrected chi connectivity index (χ2v) is 5.27. The van der Waals surface area contributed by atoms with Crippen LogP contribution in [-0.2, 0) is 0 Å². The monoisotopic (exact) mass is 269 g/mol. The van der Waals surface area contributed by atoms with Gasteiger partial charge in [0.05, 0.1) is 17.8 Å². The van der Waals surface area contributed by atoms with Gasteiger partial charge in [-0.2, -0.15) is 5.26 Å². The van der Waals surface area contributed by atoms with Gasteiger partial charge in [0.1, 0.15) is 11.9 Å². The number of para-hydroxylation sites is 1. The van der Waals surface area contributed by atoms with Gasteiger partial charge in [0, 0.05) is 24.4 Å². The largest absolute Gasteiger partial charge is 0.355 e. The first-order valence-corrected chi connectivity index (χ1v) is 6.92. The van der Waals surface area contributed by atoms with Gasteiger partial charge in [0.2, 0.25) is 0 Å². The summed E-state index contributed by atoms with van der Waals surface area (Å²) < 4.78 is 12.9. The van der Waals surface area contributed by atoms with Crippen LogP contribution >= 0.6 is 0 Å². The van der Waals surface area contributed by atoms with Gasteiger partial charge in [-0.3, -0.25) is 4.39 Å². The number of anilines is 1. The third-order valence-corrected chi connectivity index (χ3v) is 3.86. The van der Waals surface area contributed by atoms with Crippen molar-refractivity contribution >= 4 is 16.7 Å². The number of benzene rings is 1. The van der Waals surface area contributed by atoms with Crippen molar-refractivity contribution in [1.29, 1.82) is 5.26 Å². The number of hydrogen-bond acceptors (Lipinski definition) is 3. The van der Waals surface area contributed by atoms with Gasteiger partial charge in [-0.1, -0.05) is 18.2 Å². The highest BCUT2D eigenvalue weighted by atomic mass is 19.1. The SMILES string of the molecule is N#Cc1cc2ccccc2nc1N1CCCC(CF)C1. The third kappa shape index (κ3) is 2.32. The molecule has 0 aliphatic carbocycles. The molecule has 0 bridgehead atoms. The van der Waals surface area contributed by atoms with E-state index in [2.05, 4.69) is 16.0 Å². The number of alkyl halides is 1. The number of nitriles is 1. The molecule has 0 saturated carbocycles. The number of hydrogen-bond donors (Lipinski definition) is 0. The lowest BCUT2D eigenvalue weighted by atomic mass is 9.99. The molecule has 0 amide bonds. The van der Waals surface area contributed by atoms with Crippen LogP contribution in [0.2, 0.25) is 0 Å². The minimum absolute atomic E-state index is 0.0589. The molecule has 20 heavy (non-hydrogen) atoms. The Morgan fingerprint density at radius 2 is 2.25 bits per heavy atom. The minimum Gasteiger partial charge on any atom is -0.355 e. The lowest BCUT2D eigenvalue weighted by Gasteiger charge is -2.32. The fourth-order valence-corrected chi connectivity index (χ4v) is 2.81. The van der Waals surface area contributed by atoms with Crippen LogP contribution in [0.3, 0.4) is 0 Å². The zero-order chi connectivity index (χ0) is 13.9. The van der Waals surface area contributed by atoms with Crippen molar-refractivity contribution < 1.29 is 4.39 Å². The molecule has 2 aromatic rings. The molecule has 1 aliphatic rings. The van der Waals surface area contributed by atoms with Crippen molar-refractivity contribution in [3.05, 3.63) is 35.9 Å². The normalized spacial score (nSPS) is 19.0. The Hall–Kier alpha value is -2.15. The van der Waals surface area contributed by atoms with Crippen LogP contribution in [0.25, 0.3) is 10.9 Å². The zero-order valence-corrected chi connectivity index (χ0v) is 11.2. The van der Waals surface area contributed by atoms with Gasteiger partial charge in [0.15, 0.2) is 0 Å². The molecular formula is C16H16FN3. The predicted octanol–water partition coefficient (Wildman–Crippen LogP) is 3.29. The Balaban J connectivity index is 2.03. The van der Waals surface area contributed by atoms with Gasteiger partial charge in [0.25, 0.3) is 0 Å². The first-order chi connectivity index (χ1) is 9.81. The molecule has 1 atom stereocenters. The summed E-state index contributed by atoms with van der Waals surface area (Å²) >= 11 is 0. The van der Waals surface area contributed by atoms with Crippen LogP contribution in [-0.4, -0.2) is 24.7 Å². The van der Waals surface area contributed by atoms with Crippen molar-refractivity contribution in [2.75, 3.05) is 24.7 Å². The van der Waals surface area contributed by atoms with Crippen molar-refractivity contribution in [1.82, 2.24) is 4.98 Å². The average Bonchev–Trinajstić information content (AvgIpc) is 2.53. The van der Waals surface area contributed by atoms with Crippen LogP contribution in [0.15, 0.2) is 30.3 Å². The number of piperidine rings is 1. The first-order valence-electron chi connectivity index (χ1n) is 6.92. The highest BCUT2D eigenvalue weighted by molar-refractivity contribution is 5.83. The topological polar surface area (TPSA) is 39.9 Å². The molecule has 1 unspecified atom stereocenters. The third-order valence-electron chi connectivity index (χ3n) is 3.86. The van der Waals surface area contributed by atoms with E-state index in [1.54, 1.807) is 0 Å². The molecule has 0 radical (unpaired) electrons. The quantitative estimate of drug-likeness (QED) is 0.840. The molecule has 1 fully saturated rings. The van der Waals surface area contributed by atoms with Crippen LogP contribution in [0, 0.1) is 17.2 Å². The summed E-state index contributed by atoms with van der Waals surface area (Å²) in [6, 6.07) is 11.9. The van der Waals surface area contributed by atoms with E-state index in [1.165, 1.54) is 0 Å². The number of nitrogens with zero attached hydrogens (tertiary/aromatic N) is 3. The zero-order valence-electron chi connectivity index (χ0n) is 11.2. The Bertz CT molecular complexity index is 662. The summed E-state index contributed by atoms with van der Waals surface area (Å²) in [6.45, 7) is 1.19. The van der Waals surface area contributed by atoms with Crippen LogP contribution in [0.5, 0.6) is 0 Å². The maximum absolute atomic E-state index is 12.9. The molecular weight excluding hydrogens is 253 g/mol. The smallest absolute Gasteiger partial charge is 0.147 e. The summed E-state index contributed by atoms with van der Waals surface area (Å²) in [7, 11) is 0. The number of fused-ring (bicyclic) bond motifs is 1. The summed E-state index contributed by atoms with van der Waals surface area (Å²) in [4.78, 5) is 6.67. The lowest BCUT2D eigenvalue weighted by molar-refractivity contribution is 0.315. The van der Waals surface area contributed by atoms with E-state index in [4.69, 9.17) is 0 Å². The molecule has 4 heteroatoms. The maximum Gasteiger partial charge on any atom is 0.147 e. The molecule has 1 aromatic carbocycles. The molecule has 1 saturated heterocycles. The molecule has 102 valence electrons. The molecule has 1 aliphatic heterocycles. The van der Waals surface area contributed by atoms with Crippen LogP contribution in [0.4, 0.5) is 10.2 Å². The number of halogens is 1. The summed E-state index contributed by atoms with van der Waals surface area (Å²) in [5.74, 6) is 0.757. The highest BCUT2D eigenvalue weighted by Gasteiger charge is 2.23. The summed E-state index contributed by atoms with van der Waals surface area (Å²) in [5.41, 5.74) is 1.45. The van der Waals surface area contributed by atoms with Gasteiger partial charge in [-0.05, 0) is 25.0 Å². The highest BCUT2D eigenvalue weighted by Crippen LogP contribution is 2.27. The van der Waals surface area contributed by atoms with Crippen LogP contribution < -0.4 is 4.90 Å². The standard InChI is InChI=1S/C16H16FN3/c17-9-12-4-3-7-20(11-12)16-14(10-18)8-13-5-1-2-6-15(13)19-16/h1-2,5-6,8,12H,3-4,7,9,11H2. The number of aromatic nitrogens is 1. The molecule has 2 heterocycles. The van der Waals surface area contributed by atoms with E-state index in [0.29, 0.717) is 17.9 Å². The van der Waals surface area contributed by atoms with Crippen LogP contribution in [0.1, 0.15) is 18.4 Å². The van der Waals surface area contributed by atoms with E-state index < -0.39 is 0 Å². The lowest BCUT2D eigenvalue weighted by Crippen LogP contribution is -2.37. The molecule has 0 N–H and O–H groups in total. The maximum atomic E-state index is 12.9. The van der Waals surface area contributed by atoms with E-state index in [1.807, 2.05) is 30.3 Å². The predicted molar refractivity (Wildman–Crippen MR) is 77.4 cm³/mol. The van der Waals surface area contributed by atoms with Crippen molar-refractivity contribution in [3.8, 4) is 6.07 Å². The number of pyridine rings is 1. The second-order valence-electron chi connectivity index (χ2n) is 5.27. The van der Waals surface area contributed by atoms with E-state index in [0.717, 1.165) is 30.3 Å². The molecule has 3 rings (SSSR count). The fourth-order valence-electron chi connectivity index (χ4n) is 2.81. The Morgan fingerprint density at radius 3 is 3.05 bits per heavy atom. The summed E-state index contributed by atoms with van der Waals surface area (Å²) in [6.07, 6.45) is 1.87. The average molecular weight is 269 g/mol. The Kier molecular flexibility index (Phi) is 3.51. The van der Waals surface area contributed by atoms with Gasteiger partial charge in [-0.25, -0.2) is 4.98 Å². The first kappa shape index (κ1) is 12.9. The van der Waals surface area contributed by atoms with Gasteiger partial charge in [-0.15, -0.1) is 0 Å². The second kappa shape index (κ2) is 5.46. The van der Waals surface area contributed by atoms with Crippen molar-refractivity contribution in [2.45, 2.75) is 12.8 Å². The van der Waals surface area contributed by atoms with E-state index in [9.17, 15) is 9.65 Å². The van der Waals surface area contributed by atoms with E-state index >= 15 is 0 Å². The molecule has 0 spiro atoms. The Labute approximate surface area is 117 Å². The Morgan fingerprint density at radius 1 is 1.40 bits per heavy atom. The minimum atomic E-state index is -0.300. The van der Waals surface area contributed by atoms with Crippen molar-refractivity contribution in [2.24, 2.45) is 5.92 Å².